The van der Waals surface area contributed by atoms with Gasteiger partial charge in [-0.1, -0.05) is 17.7 Å². The highest BCUT2D eigenvalue weighted by atomic mass is 35.5. The van der Waals surface area contributed by atoms with Crippen LogP contribution in [0.2, 0.25) is 5.02 Å². The molecule has 23 heavy (non-hydrogen) atoms. The van der Waals surface area contributed by atoms with Gasteiger partial charge in [-0.25, -0.2) is 0 Å². The summed E-state index contributed by atoms with van der Waals surface area (Å²) in [7, 11) is 0. The zero-order chi connectivity index (χ0) is 16.4. The summed E-state index contributed by atoms with van der Waals surface area (Å²) >= 11 is 5.79. The summed E-state index contributed by atoms with van der Waals surface area (Å²) in [6, 6.07) is 6.73. The first kappa shape index (κ1) is 16.4. The van der Waals surface area contributed by atoms with Gasteiger partial charge >= 0.3 is 6.18 Å². The maximum absolute atomic E-state index is 13.5. The van der Waals surface area contributed by atoms with Crippen LogP contribution < -0.4 is 5.32 Å². The van der Waals surface area contributed by atoms with E-state index in [1.54, 1.807) is 12.1 Å². The number of alkyl halides is 3. The zero-order valence-corrected chi connectivity index (χ0v) is 13.0. The van der Waals surface area contributed by atoms with Crippen LogP contribution in [0, 0.1) is 0 Å². The Hall–Kier alpha value is -1.50. The Morgan fingerprint density at radius 2 is 1.91 bits per heavy atom. The smallest absolute Gasteiger partial charge is 0.416 e. The normalized spacial score (nSPS) is 18.1. The SMILES string of the molecule is FC(F)(F)c1cc(Cl)ccc1[C@@H](c1ccco1)N1CCNCC1. The second-order valence-electron chi connectivity index (χ2n) is 5.43. The monoisotopic (exact) mass is 344 g/mol. The predicted molar refractivity (Wildman–Crippen MR) is 81.4 cm³/mol. The van der Waals surface area contributed by atoms with E-state index in [9.17, 15) is 13.2 Å². The van der Waals surface area contributed by atoms with Gasteiger partial charge in [0.1, 0.15) is 5.76 Å². The molecule has 1 N–H and O–H groups in total. The summed E-state index contributed by atoms with van der Waals surface area (Å²) < 4.78 is 45.9. The van der Waals surface area contributed by atoms with Gasteiger partial charge in [-0.05, 0) is 29.8 Å². The Kier molecular flexibility index (Phi) is 4.66. The third kappa shape index (κ3) is 3.54. The first-order valence-electron chi connectivity index (χ1n) is 7.31. The number of benzene rings is 1. The summed E-state index contributed by atoms with van der Waals surface area (Å²) in [5.41, 5.74) is -0.552. The molecule has 0 radical (unpaired) electrons. The van der Waals surface area contributed by atoms with Gasteiger partial charge in [-0.2, -0.15) is 13.2 Å². The molecule has 0 bridgehead atoms. The van der Waals surface area contributed by atoms with Gasteiger partial charge in [0.15, 0.2) is 0 Å². The summed E-state index contributed by atoms with van der Waals surface area (Å²) in [6.45, 7) is 2.74. The number of halogens is 4. The first-order chi connectivity index (χ1) is 11.0. The van der Waals surface area contributed by atoms with Crippen molar-refractivity contribution in [3.05, 3.63) is 58.5 Å². The zero-order valence-electron chi connectivity index (χ0n) is 12.2. The molecule has 0 amide bonds. The van der Waals surface area contributed by atoms with Gasteiger partial charge in [0.2, 0.25) is 0 Å². The molecular weight excluding hydrogens is 329 g/mol. The molecule has 7 heteroatoms. The fraction of sp³-hybridized carbons (Fsp3) is 0.375. The molecular formula is C16H16ClF3N2O. The Balaban J connectivity index is 2.10. The van der Waals surface area contributed by atoms with Crippen molar-refractivity contribution in [3.8, 4) is 0 Å². The minimum atomic E-state index is -4.47. The highest BCUT2D eigenvalue weighted by molar-refractivity contribution is 6.30. The lowest BCUT2D eigenvalue weighted by Gasteiger charge is -2.35. The van der Waals surface area contributed by atoms with Crippen LogP contribution in [0.5, 0.6) is 0 Å². The topological polar surface area (TPSA) is 28.4 Å². The van der Waals surface area contributed by atoms with E-state index in [0.717, 1.165) is 19.2 Å². The first-order valence-corrected chi connectivity index (χ1v) is 7.69. The van der Waals surface area contributed by atoms with Gasteiger partial charge in [0.05, 0.1) is 17.9 Å². The van der Waals surface area contributed by atoms with Gasteiger partial charge < -0.3 is 9.73 Å². The molecule has 3 rings (SSSR count). The molecule has 2 aromatic rings. The maximum Gasteiger partial charge on any atom is 0.416 e. The fourth-order valence-electron chi connectivity index (χ4n) is 2.93. The van der Waals surface area contributed by atoms with Crippen LogP contribution in [-0.2, 0) is 6.18 Å². The highest BCUT2D eigenvalue weighted by Crippen LogP contribution is 2.40. The van der Waals surface area contributed by atoms with Crippen LogP contribution in [0.4, 0.5) is 13.2 Å². The Labute approximate surface area is 137 Å². The van der Waals surface area contributed by atoms with Gasteiger partial charge in [0, 0.05) is 31.2 Å². The molecule has 1 atom stereocenters. The van der Waals surface area contributed by atoms with Gasteiger partial charge in [-0.15, -0.1) is 0 Å². The lowest BCUT2D eigenvalue weighted by Crippen LogP contribution is -2.45. The van der Waals surface area contributed by atoms with E-state index in [4.69, 9.17) is 16.0 Å². The quantitative estimate of drug-likeness (QED) is 0.914. The average molecular weight is 345 g/mol. The van der Waals surface area contributed by atoms with Crippen LogP contribution in [-0.4, -0.2) is 31.1 Å². The van der Waals surface area contributed by atoms with Gasteiger partial charge in [0.25, 0.3) is 0 Å². The van der Waals surface area contributed by atoms with E-state index in [1.165, 1.54) is 18.4 Å². The summed E-state index contributed by atoms with van der Waals surface area (Å²) in [6.07, 6.45) is -2.99. The third-order valence-electron chi connectivity index (χ3n) is 3.94. The number of hydrogen-bond donors (Lipinski definition) is 1. The van der Waals surface area contributed by atoms with Crippen molar-refractivity contribution in [1.82, 2.24) is 10.2 Å². The van der Waals surface area contributed by atoms with E-state index >= 15 is 0 Å². The second kappa shape index (κ2) is 6.55. The molecule has 124 valence electrons. The number of nitrogens with one attached hydrogen (secondary N) is 1. The van der Waals surface area contributed by atoms with E-state index in [1.807, 2.05) is 4.90 Å². The van der Waals surface area contributed by atoms with Crippen molar-refractivity contribution in [2.75, 3.05) is 26.2 Å². The summed E-state index contributed by atoms with van der Waals surface area (Å²) in [5, 5.41) is 3.27. The second-order valence-corrected chi connectivity index (χ2v) is 5.87. The van der Waals surface area contributed by atoms with Crippen LogP contribution >= 0.6 is 11.6 Å². The lowest BCUT2D eigenvalue weighted by atomic mass is 9.96. The minimum Gasteiger partial charge on any atom is -0.467 e. The van der Waals surface area contributed by atoms with Crippen molar-refractivity contribution in [3.63, 3.8) is 0 Å². The third-order valence-corrected chi connectivity index (χ3v) is 4.18. The average Bonchev–Trinajstić information content (AvgIpc) is 3.03. The lowest BCUT2D eigenvalue weighted by molar-refractivity contribution is -0.138. The van der Waals surface area contributed by atoms with Crippen molar-refractivity contribution < 1.29 is 17.6 Å². The minimum absolute atomic E-state index is 0.0691. The van der Waals surface area contributed by atoms with Crippen LogP contribution in [0.3, 0.4) is 0 Å². The molecule has 1 aromatic carbocycles. The van der Waals surface area contributed by atoms with Crippen LogP contribution in [0.1, 0.15) is 22.9 Å². The fourth-order valence-corrected chi connectivity index (χ4v) is 3.10. The van der Waals surface area contributed by atoms with E-state index in [2.05, 4.69) is 5.32 Å². The molecule has 0 saturated carbocycles. The standard InChI is InChI=1S/C16H16ClF3N2O/c17-11-3-4-12(13(10-11)16(18,19)20)15(14-2-1-9-23-14)22-7-5-21-6-8-22/h1-4,9-10,15,21H,5-8H2/t15-/m0/s1. The molecule has 1 aliphatic heterocycles. The number of rotatable bonds is 3. The number of hydrogen-bond acceptors (Lipinski definition) is 3. The number of nitrogens with zero attached hydrogens (tertiary/aromatic N) is 1. The van der Waals surface area contributed by atoms with Crippen molar-refractivity contribution in [2.24, 2.45) is 0 Å². The molecule has 1 fully saturated rings. The van der Waals surface area contributed by atoms with Crippen molar-refractivity contribution in [1.29, 1.82) is 0 Å². The van der Waals surface area contributed by atoms with E-state index in [-0.39, 0.29) is 10.6 Å². The Bertz CT molecular complexity index is 652. The molecule has 3 nitrogen and oxygen atoms in total. The highest BCUT2D eigenvalue weighted by Gasteiger charge is 2.38. The van der Waals surface area contributed by atoms with Crippen LogP contribution in [0.15, 0.2) is 41.0 Å². The van der Waals surface area contributed by atoms with E-state index in [0.29, 0.717) is 18.8 Å². The maximum atomic E-state index is 13.5. The number of furan rings is 1. The molecule has 1 saturated heterocycles. The molecule has 2 heterocycles. The summed E-state index contributed by atoms with van der Waals surface area (Å²) in [4.78, 5) is 1.99. The molecule has 0 unspecified atom stereocenters. The Morgan fingerprint density at radius 3 is 2.52 bits per heavy atom. The summed E-state index contributed by atoms with van der Waals surface area (Å²) in [5.74, 6) is 0.500. The predicted octanol–water partition coefficient (Wildman–Crippen LogP) is 3.95. The Morgan fingerprint density at radius 1 is 1.17 bits per heavy atom. The van der Waals surface area contributed by atoms with E-state index < -0.39 is 17.8 Å². The van der Waals surface area contributed by atoms with Crippen molar-refractivity contribution in [2.45, 2.75) is 12.2 Å². The molecule has 1 aliphatic rings. The molecule has 1 aromatic heterocycles. The molecule has 0 spiro atoms. The van der Waals surface area contributed by atoms with Crippen LogP contribution in [0.25, 0.3) is 0 Å². The van der Waals surface area contributed by atoms with Crippen molar-refractivity contribution >= 4 is 11.6 Å². The number of piperazine rings is 1. The molecule has 0 aliphatic carbocycles. The van der Waals surface area contributed by atoms with Gasteiger partial charge in [-0.3, -0.25) is 4.90 Å². The largest absolute Gasteiger partial charge is 0.467 e.